The van der Waals surface area contributed by atoms with E-state index in [9.17, 15) is 14.0 Å². The first-order valence-corrected chi connectivity index (χ1v) is 8.42. The first-order valence-electron chi connectivity index (χ1n) is 7.63. The fourth-order valence-electron chi connectivity index (χ4n) is 2.23. The first-order chi connectivity index (χ1) is 11.2. The van der Waals surface area contributed by atoms with Crippen LogP contribution in [0.1, 0.15) is 20.8 Å². The summed E-state index contributed by atoms with van der Waals surface area (Å²) in [6.45, 7) is 6.55. The van der Waals surface area contributed by atoms with E-state index in [0.717, 1.165) is 0 Å². The molecule has 8 heteroatoms. The molecule has 1 heterocycles. The summed E-state index contributed by atoms with van der Waals surface area (Å²) in [5, 5.41) is 5.79. The Labute approximate surface area is 148 Å². The lowest BCUT2D eigenvalue weighted by molar-refractivity contribution is -0.119. The van der Waals surface area contributed by atoms with Gasteiger partial charge in [0.1, 0.15) is 17.5 Å². The van der Waals surface area contributed by atoms with Crippen molar-refractivity contribution in [2.75, 3.05) is 25.0 Å². The van der Waals surface area contributed by atoms with E-state index in [1.165, 1.54) is 23.1 Å². The minimum Gasteiger partial charge on any atom is -0.444 e. The van der Waals surface area contributed by atoms with Crippen LogP contribution in [0.3, 0.4) is 0 Å². The van der Waals surface area contributed by atoms with Crippen LogP contribution in [0.15, 0.2) is 22.7 Å². The number of hydrogen-bond acceptors (Lipinski definition) is 4. The zero-order valence-electron chi connectivity index (χ0n) is 13.9. The number of halogens is 2. The molecule has 1 fully saturated rings. The van der Waals surface area contributed by atoms with Crippen molar-refractivity contribution in [2.45, 2.75) is 32.4 Å². The van der Waals surface area contributed by atoms with Gasteiger partial charge in [-0.2, -0.15) is 0 Å². The van der Waals surface area contributed by atoms with E-state index < -0.39 is 23.6 Å². The van der Waals surface area contributed by atoms with Crippen molar-refractivity contribution in [1.29, 1.82) is 0 Å². The smallest absolute Gasteiger partial charge is 0.410 e. The van der Waals surface area contributed by atoms with E-state index >= 15 is 0 Å². The SMILES string of the molecule is CC(C)(C)OC(=O)N1CCNC(C(=O)Nc2ccc(F)cc2Br)C1. The molecule has 24 heavy (non-hydrogen) atoms. The highest BCUT2D eigenvalue weighted by molar-refractivity contribution is 9.10. The van der Waals surface area contributed by atoms with Gasteiger partial charge in [-0.15, -0.1) is 0 Å². The quantitative estimate of drug-likeness (QED) is 0.798. The van der Waals surface area contributed by atoms with Gasteiger partial charge < -0.3 is 20.3 Å². The number of hydrogen-bond donors (Lipinski definition) is 2. The Morgan fingerprint density at radius 3 is 2.75 bits per heavy atom. The molecule has 0 radical (unpaired) electrons. The molecule has 1 aliphatic rings. The molecule has 0 saturated carbocycles. The van der Waals surface area contributed by atoms with Crippen LogP contribution in [0, 0.1) is 5.82 Å². The van der Waals surface area contributed by atoms with E-state index in [1.54, 1.807) is 20.8 Å². The third-order valence-corrected chi connectivity index (χ3v) is 3.99. The summed E-state index contributed by atoms with van der Waals surface area (Å²) in [5.41, 5.74) is -0.115. The number of carbonyl (C=O) groups excluding carboxylic acids is 2. The van der Waals surface area contributed by atoms with E-state index in [2.05, 4.69) is 26.6 Å². The maximum atomic E-state index is 13.1. The van der Waals surface area contributed by atoms with Crippen LogP contribution in [-0.4, -0.2) is 48.2 Å². The minimum atomic E-state index is -0.585. The molecule has 0 spiro atoms. The van der Waals surface area contributed by atoms with Crippen molar-refractivity contribution in [1.82, 2.24) is 10.2 Å². The van der Waals surface area contributed by atoms with Crippen LogP contribution >= 0.6 is 15.9 Å². The van der Waals surface area contributed by atoms with Gasteiger partial charge in [0, 0.05) is 24.1 Å². The summed E-state index contributed by atoms with van der Waals surface area (Å²) in [5.74, 6) is -0.692. The zero-order chi connectivity index (χ0) is 17.9. The average Bonchev–Trinajstić information content (AvgIpc) is 2.48. The Morgan fingerprint density at radius 2 is 2.12 bits per heavy atom. The Morgan fingerprint density at radius 1 is 1.42 bits per heavy atom. The molecule has 2 N–H and O–H groups in total. The Kier molecular flexibility index (Phi) is 5.82. The summed E-state index contributed by atoms with van der Waals surface area (Å²) >= 11 is 3.21. The van der Waals surface area contributed by atoms with Crippen LogP contribution in [0.5, 0.6) is 0 Å². The second-order valence-corrected chi connectivity index (χ2v) is 7.40. The number of amides is 2. The van der Waals surface area contributed by atoms with Gasteiger partial charge in [0.25, 0.3) is 0 Å². The lowest BCUT2D eigenvalue weighted by Crippen LogP contribution is -2.57. The highest BCUT2D eigenvalue weighted by Crippen LogP contribution is 2.23. The van der Waals surface area contributed by atoms with Gasteiger partial charge in [0.2, 0.25) is 5.91 Å². The summed E-state index contributed by atoms with van der Waals surface area (Å²) < 4.78 is 18.9. The molecule has 2 rings (SSSR count). The molecule has 0 bridgehead atoms. The zero-order valence-corrected chi connectivity index (χ0v) is 15.4. The Balaban J connectivity index is 1.98. The van der Waals surface area contributed by atoms with Gasteiger partial charge in [-0.3, -0.25) is 4.79 Å². The molecule has 6 nitrogen and oxygen atoms in total. The van der Waals surface area contributed by atoms with Gasteiger partial charge in [-0.05, 0) is 54.9 Å². The van der Waals surface area contributed by atoms with E-state index in [1.807, 2.05) is 0 Å². The molecule has 2 amide bonds. The number of benzene rings is 1. The van der Waals surface area contributed by atoms with Crippen LogP contribution in [0.4, 0.5) is 14.9 Å². The predicted molar refractivity (Wildman–Crippen MR) is 92.3 cm³/mol. The van der Waals surface area contributed by atoms with Gasteiger partial charge in [0.15, 0.2) is 0 Å². The number of nitrogens with zero attached hydrogens (tertiary/aromatic N) is 1. The van der Waals surface area contributed by atoms with E-state index in [4.69, 9.17) is 4.74 Å². The molecular weight excluding hydrogens is 381 g/mol. The standard InChI is InChI=1S/C16H21BrFN3O3/c1-16(2,3)24-15(23)21-7-6-19-13(9-21)14(22)20-12-5-4-10(18)8-11(12)17/h4-5,8,13,19H,6-7,9H2,1-3H3,(H,20,22). The second-order valence-electron chi connectivity index (χ2n) is 6.55. The maximum Gasteiger partial charge on any atom is 0.410 e. The van der Waals surface area contributed by atoms with Crippen molar-refractivity contribution < 1.29 is 18.7 Å². The number of carbonyl (C=O) groups is 2. The molecule has 1 aromatic carbocycles. The minimum absolute atomic E-state index is 0.208. The molecule has 1 aromatic rings. The second kappa shape index (κ2) is 7.48. The van der Waals surface area contributed by atoms with Gasteiger partial charge in [-0.25, -0.2) is 9.18 Å². The summed E-state index contributed by atoms with van der Waals surface area (Å²) in [6, 6.07) is 3.45. The molecule has 1 atom stereocenters. The van der Waals surface area contributed by atoms with Gasteiger partial charge in [-0.1, -0.05) is 0 Å². The first kappa shape index (κ1) is 18.7. The van der Waals surface area contributed by atoms with Crippen molar-refractivity contribution in [3.05, 3.63) is 28.5 Å². The molecule has 1 saturated heterocycles. The third kappa shape index (κ3) is 5.17. The van der Waals surface area contributed by atoms with Crippen LogP contribution in [0.25, 0.3) is 0 Å². The summed E-state index contributed by atoms with van der Waals surface area (Å²) in [4.78, 5) is 26.0. The maximum absolute atomic E-state index is 13.1. The number of piperazine rings is 1. The normalized spacial score (nSPS) is 18.2. The average molecular weight is 402 g/mol. The predicted octanol–water partition coefficient (Wildman–Crippen LogP) is 2.74. The lowest BCUT2D eigenvalue weighted by atomic mass is 10.2. The van der Waals surface area contributed by atoms with Crippen LogP contribution < -0.4 is 10.6 Å². The number of ether oxygens (including phenoxy) is 1. The molecule has 1 unspecified atom stereocenters. The lowest BCUT2D eigenvalue weighted by Gasteiger charge is -2.34. The topological polar surface area (TPSA) is 70.7 Å². The van der Waals surface area contributed by atoms with Gasteiger partial charge in [0.05, 0.1) is 5.69 Å². The summed E-state index contributed by atoms with van der Waals surface area (Å²) in [6.07, 6.45) is -0.440. The molecule has 0 aromatic heterocycles. The van der Waals surface area contributed by atoms with Crippen molar-refractivity contribution in [2.24, 2.45) is 0 Å². The Bertz CT molecular complexity index is 633. The van der Waals surface area contributed by atoms with E-state index in [0.29, 0.717) is 23.2 Å². The van der Waals surface area contributed by atoms with Crippen molar-refractivity contribution in [3.63, 3.8) is 0 Å². The molecular formula is C16H21BrFN3O3. The van der Waals surface area contributed by atoms with Crippen molar-refractivity contribution in [3.8, 4) is 0 Å². The Hall–Kier alpha value is -1.67. The number of nitrogens with one attached hydrogen (secondary N) is 2. The third-order valence-electron chi connectivity index (χ3n) is 3.33. The van der Waals surface area contributed by atoms with Crippen LogP contribution in [-0.2, 0) is 9.53 Å². The largest absolute Gasteiger partial charge is 0.444 e. The fraction of sp³-hybridized carbons (Fsp3) is 0.500. The highest BCUT2D eigenvalue weighted by atomic mass is 79.9. The van der Waals surface area contributed by atoms with Crippen molar-refractivity contribution >= 4 is 33.6 Å². The highest BCUT2D eigenvalue weighted by Gasteiger charge is 2.30. The monoisotopic (exact) mass is 401 g/mol. The molecule has 0 aliphatic carbocycles. The molecule has 1 aliphatic heterocycles. The van der Waals surface area contributed by atoms with Crippen LogP contribution in [0.2, 0.25) is 0 Å². The fourth-order valence-corrected chi connectivity index (χ4v) is 2.68. The summed E-state index contributed by atoms with van der Waals surface area (Å²) in [7, 11) is 0. The number of anilines is 1. The number of rotatable bonds is 2. The molecule has 132 valence electrons. The van der Waals surface area contributed by atoms with E-state index in [-0.39, 0.29) is 12.5 Å². The van der Waals surface area contributed by atoms with Gasteiger partial charge >= 0.3 is 6.09 Å².